The molecule has 2 aromatic carbocycles. The van der Waals surface area contributed by atoms with Crippen molar-refractivity contribution in [1.82, 2.24) is 10.2 Å². The van der Waals surface area contributed by atoms with Crippen LogP contribution in [0, 0.1) is 12.7 Å². The van der Waals surface area contributed by atoms with Gasteiger partial charge in [0.05, 0.1) is 10.6 Å². The third kappa shape index (κ3) is 5.11. The number of anilines is 2. The van der Waals surface area contributed by atoms with Crippen molar-refractivity contribution in [2.75, 3.05) is 22.4 Å². The summed E-state index contributed by atoms with van der Waals surface area (Å²) in [7, 11) is -4.06. The van der Waals surface area contributed by atoms with Crippen molar-refractivity contribution in [2.24, 2.45) is 0 Å². The van der Waals surface area contributed by atoms with Crippen molar-refractivity contribution in [1.29, 1.82) is 0 Å². The summed E-state index contributed by atoms with van der Waals surface area (Å²) in [6.45, 7) is 1.34. The van der Waals surface area contributed by atoms with Crippen LogP contribution in [0.1, 0.15) is 5.56 Å². The van der Waals surface area contributed by atoms with E-state index in [0.29, 0.717) is 4.34 Å². The lowest BCUT2D eigenvalue weighted by atomic mass is 10.2. The predicted octanol–water partition coefficient (Wildman–Crippen LogP) is 3.54. The van der Waals surface area contributed by atoms with E-state index >= 15 is 0 Å². The standard InChI is InChI=1S/C18H17FN4O3S3/c1-12-3-9-15(10-4-12)29(25,26)23(14-7-5-13(19)6-8-14)11-16(24)20-17-21-22-18(27-2)28-17/h3-10H,11H2,1-2H3,(H,20,21,24). The Hall–Kier alpha value is -2.50. The lowest BCUT2D eigenvalue weighted by Gasteiger charge is -2.24. The topological polar surface area (TPSA) is 92.3 Å². The molecule has 0 spiro atoms. The summed E-state index contributed by atoms with van der Waals surface area (Å²) < 4.78 is 41.3. The maximum atomic E-state index is 13.3. The van der Waals surface area contributed by atoms with Gasteiger partial charge in [-0.15, -0.1) is 10.2 Å². The minimum absolute atomic E-state index is 0.0285. The fourth-order valence-electron chi connectivity index (χ4n) is 2.39. The number of hydrogen-bond donors (Lipinski definition) is 1. The lowest BCUT2D eigenvalue weighted by Crippen LogP contribution is -2.38. The van der Waals surface area contributed by atoms with E-state index in [1.54, 1.807) is 12.1 Å². The van der Waals surface area contributed by atoms with E-state index in [0.717, 1.165) is 22.0 Å². The molecule has 0 atom stereocenters. The highest BCUT2D eigenvalue weighted by Crippen LogP contribution is 2.26. The van der Waals surface area contributed by atoms with Crippen LogP contribution in [0.15, 0.2) is 57.8 Å². The number of amides is 1. The molecule has 0 aliphatic heterocycles. The molecule has 0 aliphatic carbocycles. The number of aryl methyl sites for hydroxylation is 1. The van der Waals surface area contributed by atoms with E-state index < -0.39 is 28.3 Å². The van der Waals surface area contributed by atoms with Crippen LogP contribution in [-0.4, -0.2) is 37.3 Å². The van der Waals surface area contributed by atoms with Crippen LogP contribution in [0.4, 0.5) is 15.2 Å². The Morgan fingerprint density at radius 1 is 1.14 bits per heavy atom. The minimum Gasteiger partial charge on any atom is -0.299 e. The molecule has 0 bridgehead atoms. The van der Waals surface area contributed by atoms with Crippen molar-refractivity contribution in [3.05, 3.63) is 59.9 Å². The van der Waals surface area contributed by atoms with Crippen molar-refractivity contribution in [2.45, 2.75) is 16.2 Å². The van der Waals surface area contributed by atoms with Crippen LogP contribution in [-0.2, 0) is 14.8 Å². The molecule has 3 aromatic rings. The average molecular weight is 453 g/mol. The van der Waals surface area contributed by atoms with Gasteiger partial charge in [-0.2, -0.15) is 0 Å². The van der Waals surface area contributed by atoms with Gasteiger partial charge in [0.1, 0.15) is 12.4 Å². The van der Waals surface area contributed by atoms with Crippen LogP contribution in [0.3, 0.4) is 0 Å². The molecule has 1 N–H and O–H groups in total. The van der Waals surface area contributed by atoms with Crippen molar-refractivity contribution in [3.8, 4) is 0 Å². The highest BCUT2D eigenvalue weighted by Gasteiger charge is 2.27. The van der Waals surface area contributed by atoms with E-state index in [4.69, 9.17) is 0 Å². The van der Waals surface area contributed by atoms with Gasteiger partial charge in [-0.05, 0) is 49.6 Å². The molecule has 1 aromatic heterocycles. The number of carbonyl (C=O) groups excluding carboxylic acids is 1. The van der Waals surface area contributed by atoms with E-state index in [2.05, 4.69) is 15.5 Å². The zero-order valence-electron chi connectivity index (χ0n) is 15.5. The van der Waals surface area contributed by atoms with Gasteiger partial charge in [0, 0.05) is 0 Å². The molecular formula is C18H17FN4O3S3. The Balaban J connectivity index is 1.91. The van der Waals surface area contributed by atoms with Crippen LogP contribution in [0.2, 0.25) is 0 Å². The smallest absolute Gasteiger partial charge is 0.264 e. The molecule has 11 heteroatoms. The van der Waals surface area contributed by atoms with E-state index in [1.807, 2.05) is 13.2 Å². The number of benzene rings is 2. The van der Waals surface area contributed by atoms with Crippen LogP contribution < -0.4 is 9.62 Å². The molecule has 0 saturated carbocycles. The summed E-state index contributed by atoms with van der Waals surface area (Å²) in [5.74, 6) is -1.10. The maximum absolute atomic E-state index is 13.3. The normalized spacial score (nSPS) is 11.3. The molecular weight excluding hydrogens is 435 g/mol. The van der Waals surface area contributed by atoms with Gasteiger partial charge in [0.15, 0.2) is 4.34 Å². The number of carbonyl (C=O) groups is 1. The summed E-state index contributed by atoms with van der Waals surface area (Å²) in [5.41, 5.74) is 1.07. The van der Waals surface area contributed by atoms with Crippen molar-refractivity contribution >= 4 is 49.8 Å². The van der Waals surface area contributed by atoms with Gasteiger partial charge in [0.2, 0.25) is 11.0 Å². The largest absolute Gasteiger partial charge is 0.299 e. The van der Waals surface area contributed by atoms with Gasteiger partial charge in [-0.25, -0.2) is 12.8 Å². The van der Waals surface area contributed by atoms with Crippen LogP contribution >= 0.6 is 23.1 Å². The summed E-state index contributed by atoms with van der Waals surface area (Å²) in [6.07, 6.45) is 1.83. The second kappa shape index (κ2) is 8.89. The maximum Gasteiger partial charge on any atom is 0.264 e. The molecule has 1 amide bonds. The molecule has 1 heterocycles. The fraction of sp³-hybridized carbons (Fsp3) is 0.167. The van der Waals surface area contributed by atoms with Crippen LogP contribution in [0.25, 0.3) is 0 Å². The predicted molar refractivity (Wildman–Crippen MR) is 112 cm³/mol. The average Bonchev–Trinajstić information content (AvgIpc) is 3.14. The molecule has 7 nitrogen and oxygen atoms in total. The van der Waals surface area contributed by atoms with E-state index in [9.17, 15) is 17.6 Å². The van der Waals surface area contributed by atoms with Gasteiger partial charge in [-0.3, -0.25) is 14.4 Å². The number of rotatable bonds is 7. The zero-order chi connectivity index (χ0) is 21.0. The summed E-state index contributed by atoms with van der Waals surface area (Å²) >= 11 is 2.57. The number of aromatic nitrogens is 2. The Bertz CT molecular complexity index is 1100. The molecule has 3 rings (SSSR count). The van der Waals surface area contributed by atoms with Crippen molar-refractivity contribution in [3.63, 3.8) is 0 Å². The molecule has 0 unspecified atom stereocenters. The SMILES string of the molecule is CSc1nnc(NC(=O)CN(c2ccc(F)cc2)S(=O)(=O)c2ccc(C)cc2)s1. The minimum atomic E-state index is -4.06. The molecule has 0 aliphatic rings. The number of hydrogen-bond acceptors (Lipinski definition) is 7. The van der Waals surface area contributed by atoms with Gasteiger partial charge < -0.3 is 0 Å². The summed E-state index contributed by atoms with van der Waals surface area (Å²) in [5, 5.41) is 10.6. The molecule has 0 radical (unpaired) electrons. The molecule has 0 saturated heterocycles. The lowest BCUT2D eigenvalue weighted by molar-refractivity contribution is -0.114. The second-order valence-corrected chi connectivity index (χ2v) is 9.82. The highest BCUT2D eigenvalue weighted by atomic mass is 32.2. The Morgan fingerprint density at radius 2 is 1.79 bits per heavy atom. The number of thioether (sulfide) groups is 1. The first kappa shape index (κ1) is 21.2. The number of nitrogens with one attached hydrogen (secondary N) is 1. The molecule has 0 fully saturated rings. The zero-order valence-corrected chi connectivity index (χ0v) is 17.9. The number of sulfonamides is 1. The number of halogens is 1. The van der Waals surface area contributed by atoms with Gasteiger partial charge in [0.25, 0.3) is 10.0 Å². The van der Waals surface area contributed by atoms with E-state index in [-0.39, 0.29) is 15.7 Å². The van der Waals surface area contributed by atoms with Crippen LogP contribution in [0.5, 0.6) is 0 Å². The Labute approximate surface area is 176 Å². The Kier molecular flexibility index (Phi) is 6.50. The quantitative estimate of drug-likeness (QED) is 0.435. The second-order valence-electron chi connectivity index (χ2n) is 5.93. The molecule has 29 heavy (non-hydrogen) atoms. The highest BCUT2D eigenvalue weighted by molar-refractivity contribution is 8.00. The van der Waals surface area contributed by atoms with E-state index in [1.165, 1.54) is 47.4 Å². The van der Waals surface area contributed by atoms with Gasteiger partial charge >= 0.3 is 0 Å². The first-order valence-electron chi connectivity index (χ1n) is 8.32. The molecule has 152 valence electrons. The first-order valence-corrected chi connectivity index (χ1v) is 11.8. The number of nitrogens with zero attached hydrogens (tertiary/aromatic N) is 3. The monoisotopic (exact) mass is 452 g/mol. The fourth-order valence-corrected chi connectivity index (χ4v) is 5.00. The van der Waals surface area contributed by atoms with Crippen molar-refractivity contribution < 1.29 is 17.6 Å². The Morgan fingerprint density at radius 3 is 2.38 bits per heavy atom. The third-order valence-corrected chi connectivity index (χ3v) is 7.44. The summed E-state index contributed by atoms with van der Waals surface area (Å²) in [6, 6.07) is 11.2. The summed E-state index contributed by atoms with van der Waals surface area (Å²) in [4.78, 5) is 12.6. The first-order chi connectivity index (χ1) is 13.8. The third-order valence-electron chi connectivity index (χ3n) is 3.84. The van der Waals surface area contributed by atoms with Gasteiger partial charge in [-0.1, -0.05) is 40.8 Å².